The molecule has 0 bridgehead atoms. The fourth-order valence-corrected chi connectivity index (χ4v) is 2.95. The summed E-state index contributed by atoms with van der Waals surface area (Å²) in [5, 5.41) is 4.10. The summed E-state index contributed by atoms with van der Waals surface area (Å²) in [6, 6.07) is 5.84. The Labute approximate surface area is 109 Å². The molecule has 0 aliphatic carbocycles. The van der Waals surface area contributed by atoms with E-state index in [9.17, 15) is 4.79 Å². The Hall–Kier alpha value is -1.13. The van der Waals surface area contributed by atoms with E-state index in [4.69, 9.17) is 4.74 Å². The van der Waals surface area contributed by atoms with E-state index < -0.39 is 5.60 Å². The molecule has 2 aromatic rings. The van der Waals surface area contributed by atoms with E-state index in [0.29, 0.717) is 4.88 Å². The van der Waals surface area contributed by atoms with Crippen LogP contribution in [-0.2, 0) is 4.74 Å². The van der Waals surface area contributed by atoms with Crippen LogP contribution < -0.4 is 0 Å². The Bertz CT molecular complexity index is 504. The lowest BCUT2D eigenvalue weighted by Crippen LogP contribution is -2.23. The summed E-state index contributed by atoms with van der Waals surface area (Å²) in [6.07, 6.45) is 0. The minimum absolute atomic E-state index is 0.246. The fraction of sp³-hybridized carbons (Fsp3) is 0.308. The topological polar surface area (TPSA) is 26.3 Å². The van der Waals surface area contributed by atoms with E-state index in [2.05, 4.69) is 11.4 Å². The van der Waals surface area contributed by atoms with Crippen molar-refractivity contribution < 1.29 is 9.53 Å². The van der Waals surface area contributed by atoms with Crippen molar-refractivity contribution in [2.45, 2.75) is 26.4 Å². The molecule has 0 aromatic carbocycles. The Morgan fingerprint density at radius 2 is 2.00 bits per heavy atom. The number of carbonyl (C=O) groups is 1. The van der Waals surface area contributed by atoms with Crippen molar-refractivity contribution in [2.75, 3.05) is 0 Å². The lowest BCUT2D eigenvalue weighted by atomic mass is 10.2. The minimum atomic E-state index is -0.441. The first kappa shape index (κ1) is 12.3. The summed E-state index contributed by atoms with van der Waals surface area (Å²) >= 11 is 3.12. The molecule has 0 saturated heterocycles. The SMILES string of the molecule is CC(C)(C)OC(=O)c1ccc(-c2ccsc2)s1. The van der Waals surface area contributed by atoms with Crippen LogP contribution in [0.5, 0.6) is 0 Å². The summed E-state index contributed by atoms with van der Waals surface area (Å²) in [5.74, 6) is -0.246. The van der Waals surface area contributed by atoms with Gasteiger partial charge < -0.3 is 4.74 Å². The number of hydrogen-bond donors (Lipinski definition) is 0. The molecule has 0 unspecified atom stereocenters. The summed E-state index contributed by atoms with van der Waals surface area (Å²) in [6.45, 7) is 5.62. The standard InChI is InChI=1S/C13H14O2S2/c1-13(2,3)15-12(14)11-5-4-10(17-11)9-6-7-16-8-9/h4-8H,1-3H3. The first-order valence-corrected chi connectivity index (χ1v) is 7.07. The van der Waals surface area contributed by atoms with Gasteiger partial charge in [0.2, 0.25) is 0 Å². The minimum Gasteiger partial charge on any atom is -0.456 e. The predicted molar refractivity (Wildman–Crippen MR) is 72.8 cm³/mol. The van der Waals surface area contributed by atoms with Gasteiger partial charge >= 0.3 is 5.97 Å². The molecule has 4 heteroatoms. The Morgan fingerprint density at radius 1 is 1.24 bits per heavy atom. The van der Waals surface area contributed by atoms with Gasteiger partial charge in [-0.1, -0.05) is 0 Å². The van der Waals surface area contributed by atoms with Crippen molar-refractivity contribution >= 4 is 28.6 Å². The summed E-state index contributed by atoms with van der Waals surface area (Å²) < 4.78 is 5.33. The maximum Gasteiger partial charge on any atom is 0.348 e. The molecule has 0 aliphatic heterocycles. The third-order valence-electron chi connectivity index (χ3n) is 2.01. The average molecular weight is 266 g/mol. The molecule has 0 N–H and O–H groups in total. The third kappa shape index (κ3) is 3.17. The van der Waals surface area contributed by atoms with Crippen LogP contribution in [0.3, 0.4) is 0 Å². The van der Waals surface area contributed by atoms with Crippen LogP contribution in [0.1, 0.15) is 30.4 Å². The molecular formula is C13H14O2S2. The molecule has 0 fully saturated rings. The molecule has 0 aliphatic rings. The second-order valence-electron chi connectivity index (χ2n) is 4.68. The van der Waals surface area contributed by atoms with Gasteiger partial charge in [0.15, 0.2) is 0 Å². The van der Waals surface area contributed by atoms with Crippen molar-refractivity contribution in [1.29, 1.82) is 0 Å². The van der Waals surface area contributed by atoms with Crippen LogP contribution in [0.25, 0.3) is 10.4 Å². The molecule has 2 heterocycles. The molecule has 2 aromatic heterocycles. The van der Waals surface area contributed by atoms with Crippen molar-refractivity contribution in [1.82, 2.24) is 0 Å². The zero-order valence-electron chi connectivity index (χ0n) is 10.0. The van der Waals surface area contributed by atoms with Crippen LogP contribution in [0.2, 0.25) is 0 Å². The van der Waals surface area contributed by atoms with Crippen LogP contribution in [0.4, 0.5) is 0 Å². The van der Waals surface area contributed by atoms with Crippen LogP contribution in [0, 0.1) is 0 Å². The number of ether oxygens (including phenoxy) is 1. The predicted octanol–water partition coefficient (Wildman–Crippen LogP) is 4.43. The largest absolute Gasteiger partial charge is 0.456 e. The zero-order valence-corrected chi connectivity index (χ0v) is 11.7. The molecular weight excluding hydrogens is 252 g/mol. The van der Waals surface area contributed by atoms with Gasteiger partial charge in [-0.25, -0.2) is 4.79 Å². The molecule has 2 nitrogen and oxygen atoms in total. The normalized spacial score (nSPS) is 11.5. The van der Waals surface area contributed by atoms with Gasteiger partial charge in [0.1, 0.15) is 10.5 Å². The van der Waals surface area contributed by atoms with E-state index in [1.807, 2.05) is 38.3 Å². The van der Waals surface area contributed by atoms with Gasteiger partial charge in [0, 0.05) is 10.4 Å². The van der Waals surface area contributed by atoms with Crippen molar-refractivity contribution in [3.63, 3.8) is 0 Å². The molecule has 0 saturated carbocycles. The van der Waals surface area contributed by atoms with Crippen LogP contribution >= 0.6 is 22.7 Å². The van der Waals surface area contributed by atoms with Crippen LogP contribution in [0.15, 0.2) is 29.0 Å². The van der Waals surface area contributed by atoms with Gasteiger partial charge in [-0.2, -0.15) is 11.3 Å². The van der Waals surface area contributed by atoms with Crippen LogP contribution in [-0.4, -0.2) is 11.6 Å². The lowest BCUT2D eigenvalue weighted by molar-refractivity contribution is 0.00753. The van der Waals surface area contributed by atoms with Gasteiger partial charge in [-0.05, 0) is 49.7 Å². The number of hydrogen-bond acceptors (Lipinski definition) is 4. The fourth-order valence-electron chi connectivity index (χ4n) is 1.34. The monoisotopic (exact) mass is 266 g/mol. The molecule has 90 valence electrons. The second kappa shape index (κ2) is 4.63. The maximum atomic E-state index is 11.8. The average Bonchev–Trinajstić information content (AvgIpc) is 2.86. The van der Waals surface area contributed by atoms with E-state index in [-0.39, 0.29) is 5.97 Å². The van der Waals surface area contributed by atoms with Crippen molar-refractivity contribution in [3.05, 3.63) is 33.8 Å². The molecule has 0 spiro atoms. The Morgan fingerprint density at radius 3 is 2.59 bits per heavy atom. The summed E-state index contributed by atoms with van der Waals surface area (Å²) in [7, 11) is 0. The highest BCUT2D eigenvalue weighted by atomic mass is 32.1. The van der Waals surface area contributed by atoms with Crippen molar-refractivity contribution in [3.8, 4) is 10.4 Å². The maximum absolute atomic E-state index is 11.8. The van der Waals surface area contributed by atoms with Crippen molar-refractivity contribution in [2.24, 2.45) is 0 Å². The first-order valence-electron chi connectivity index (χ1n) is 5.31. The zero-order chi connectivity index (χ0) is 12.5. The lowest BCUT2D eigenvalue weighted by Gasteiger charge is -2.18. The highest BCUT2D eigenvalue weighted by Gasteiger charge is 2.19. The highest BCUT2D eigenvalue weighted by Crippen LogP contribution is 2.30. The number of carbonyl (C=O) groups excluding carboxylic acids is 1. The Balaban J connectivity index is 2.16. The third-order valence-corrected chi connectivity index (χ3v) is 3.81. The molecule has 2 rings (SSSR count). The van der Waals surface area contributed by atoms with E-state index in [1.165, 1.54) is 11.3 Å². The number of rotatable bonds is 2. The molecule has 0 radical (unpaired) electrons. The van der Waals surface area contributed by atoms with Gasteiger partial charge in [-0.3, -0.25) is 0 Å². The highest BCUT2D eigenvalue weighted by molar-refractivity contribution is 7.17. The molecule has 17 heavy (non-hydrogen) atoms. The second-order valence-corrected chi connectivity index (χ2v) is 6.54. The summed E-state index contributed by atoms with van der Waals surface area (Å²) in [5.41, 5.74) is 0.721. The molecule has 0 atom stereocenters. The quantitative estimate of drug-likeness (QED) is 0.751. The number of thiophene rings is 2. The smallest absolute Gasteiger partial charge is 0.348 e. The van der Waals surface area contributed by atoms with Gasteiger partial charge in [0.25, 0.3) is 0 Å². The van der Waals surface area contributed by atoms with E-state index in [0.717, 1.165) is 10.4 Å². The first-order chi connectivity index (χ1) is 7.96. The van der Waals surface area contributed by atoms with Gasteiger partial charge in [0.05, 0.1) is 0 Å². The van der Waals surface area contributed by atoms with E-state index >= 15 is 0 Å². The van der Waals surface area contributed by atoms with Gasteiger partial charge in [-0.15, -0.1) is 11.3 Å². The summed E-state index contributed by atoms with van der Waals surface area (Å²) in [4.78, 5) is 13.6. The number of esters is 1. The van der Waals surface area contributed by atoms with E-state index in [1.54, 1.807) is 11.3 Å². The Kier molecular flexibility index (Phi) is 3.35. The molecule has 0 amide bonds.